The molecule has 6 nitrogen and oxygen atoms in total. The molecule has 0 bridgehead atoms. The topological polar surface area (TPSA) is 70.9 Å². The third-order valence-corrected chi connectivity index (χ3v) is 7.17. The molecule has 0 spiro atoms. The van der Waals surface area contributed by atoms with E-state index in [-0.39, 0.29) is 11.9 Å². The number of hydrogen-bond donors (Lipinski definition) is 2. The van der Waals surface area contributed by atoms with Crippen LogP contribution in [0.2, 0.25) is 0 Å². The van der Waals surface area contributed by atoms with Gasteiger partial charge in [-0.25, -0.2) is 8.42 Å². The molecule has 0 radical (unpaired) electrons. The zero-order valence-electron chi connectivity index (χ0n) is 17.8. The first-order chi connectivity index (χ1) is 14.3. The quantitative estimate of drug-likeness (QED) is 0.738. The van der Waals surface area contributed by atoms with E-state index in [1.54, 1.807) is 6.08 Å². The molecule has 1 heterocycles. The summed E-state index contributed by atoms with van der Waals surface area (Å²) in [4.78, 5) is 13.8. The van der Waals surface area contributed by atoms with E-state index < -0.39 is 10.0 Å². The smallest absolute Gasteiger partial charge is 0.282 e. The van der Waals surface area contributed by atoms with E-state index in [0.717, 1.165) is 27.3 Å². The lowest BCUT2D eigenvalue weighted by Crippen LogP contribution is -3.19. The second-order valence-electron chi connectivity index (χ2n) is 7.84. The lowest BCUT2D eigenvalue weighted by molar-refractivity contribution is -0.917. The van der Waals surface area contributed by atoms with Crippen molar-refractivity contribution in [2.24, 2.45) is 0 Å². The molecule has 1 saturated heterocycles. The number of nitrogens with one attached hydrogen (secondary N) is 2. The van der Waals surface area contributed by atoms with Gasteiger partial charge in [0.05, 0.1) is 26.2 Å². The SMILES string of the molecule is Cc1ccc(NC(=O)[C@@H](C)[NH+]2CCN(S(=O)(=O)/C=C/c3ccccc3)CC2)c(C)c1. The second-order valence-corrected chi connectivity index (χ2v) is 9.66. The van der Waals surface area contributed by atoms with Gasteiger partial charge in [0, 0.05) is 11.1 Å². The molecule has 0 aliphatic carbocycles. The van der Waals surface area contributed by atoms with Crippen LogP contribution in [0.4, 0.5) is 5.69 Å². The summed E-state index contributed by atoms with van der Waals surface area (Å²) in [6.07, 6.45) is 1.62. The number of hydrogen-bond acceptors (Lipinski definition) is 3. The molecule has 160 valence electrons. The highest BCUT2D eigenvalue weighted by molar-refractivity contribution is 7.92. The van der Waals surface area contributed by atoms with E-state index in [4.69, 9.17) is 0 Å². The van der Waals surface area contributed by atoms with E-state index in [2.05, 4.69) is 5.32 Å². The second kappa shape index (κ2) is 9.55. The van der Waals surface area contributed by atoms with Crippen molar-refractivity contribution < 1.29 is 18.1 Å². The Bertz CT molecular complexity index is 1010. The summed E-state index contributed by atoms with van der Waals surface area (Å²) in [5, 5.41) is 4.28. The maximum absolute atomic E-state index is 12.7. The summed E-state index contributed by atoms with van der Waals surface area (Å²) in [6.45, 7) is 7.89. The largest absolute Gasteiger partial charge is 0.323 e. The third kappa shape index (κ3) is 5.56. The predicted molar refractivity (Wildman–Crippen MR) is 121 cm³/mol. The zero-order valence-corrected chi connectivity index (χ0v) is 18.6. The summed E-state index contributed by atoms with van der Waals surface area (Å²) in [5.74, 6) is -0.0442. The van der Waals surface area contributed by atoms with E-state index in [0.29, 0.717) is 26.2 Å². The van der Waals surface area contributed by atoms with Crippen LogP contribution in [-0.2, 0) is 14.8 Å². The van der Waals surface area contributed by atoms with Crippen molar-refractivity contribution in [2.45, 2.75) is 26.8 Å². The number of quaternary nitrogens is 1. The molecule has 1 aliphatic rings. The van der Waals surface area contributed by atoms with Crippen molar-refractivity contribution in [3.05, 3.63) is 70.6 Å². The van der Waals surface area contributed by atoms with Crippen molar-refractivity contribution in [1.82, 2.24) is 4.31 Å². The third-order valence-electron chi connectivity index (χ3n) is 5.60. The Morgan fingerprint density at radius 1 is 1.10 bits per heavy atom. The minimum absolute atomic E-state index is 0.0442. The molecule has 0 saturated carbocycles. The highest BCUT2D eigenvalue weighted by Gasteiger charge is 2.32. The molecular weight excluding hydrogens is 398 g/mol. The molecule has 0 aromatic heterocycles. The monoisotopic (exact) mass is 428 g/mol. The maximum Gasteiger partial charge on any atom is 0.282 e. The van der Waals surface area contributed by atoms with Gasteiger partial charge in [0.15, 0.2) is 6.04 Å². The first kappa shape index (κ1) is 22.2. The van der Waals surface area contributed by atoms with Gasteiger partial charge in [-0.2, -0.15) is 4.31 Å². The minimum atomic E-state index is -3.47. The molecule has 1 aliphatic heterocycles. The number of sulfonamides is 1. The van der Waals surface area contributed by atoms with Crippen LogP contribution >= 0.6 is 0 Å². The van der Waals surface area contributed by atoms with E-state index in [1.165, 1.54) is 9.71 Å². The van der Waals surface area contributed by atoms with Gasteiger partial charge in [0.25, 0.3) is 5.91 Å². The minimum Gasteiger partial charge on any atom is -0.323 e. The van der Waals surface area contributed by atoms with Gasteiger partial charge in [-0.3, -0.25) is 4.79 Å². The lowest BCUT2D eigenvalue weighted by atomic mass is 10.1. The van der Waals surface area contributed by atoms with Crippen LogP contribution < -0.4 is 10.2 Å². The Morgan fingerprint density at radius 2 is 1.77 bits per heavy atom. The van der Waals surface area contributed by atoms with Crippen molar-refractivity contribution in [1.29, 1.82) is 0 Å². The average Bonchev–Trinajstić information content (AvgIpc) is 2.74. The van der Waals surface area contributed by atoms with Crippen LogP contribution in [0.5, 0.6) is 0 Å². The number of rotatable bonds is 6. The fourth-order valence-electron chi connectivity index (χ4n) is 3.66. The van der Waals surface area contributed by atoms with Gasteiger partial charge in [0.1, 0.15) is 0 Å². The lowest BCUT2D eigenvalue weighted by Gasteiger charge is -2.33. The summed E-state index contributed by atoms with van der Waals surface area (Å²) in [7, 11) is -3.47. The summed E-state index contributed by atoms with van der Waals surface area (Å²) in [5.41, 5.74) is 3.86. The Morgan fingerprint density at radius 3 is 2.40 bits per heavy atom. The van der Waals surface area contributed by atoms with Crippen LogP contribution in [0.15, 0.2) is 53.9 Å². The van der Waals surface area contributed by atoms with Gasteiger partial charge in [-0.05, 0) is 44.0 Å². The Labute approximate surface area is 179 Å². The average molecular weight is 429 g/mol. The van der Waals surface area contributed by atoms with Crippen LogP contribution in [0.25, 0.3) is 6.08 Å². The number of benzene rings is 2. The number of nitrogens with zero attached hydrogens (tertiary/aromatic N) is 1. The number of anilines is 1. The molecule has 1 atom stereocenters. The summed E-state index contributed by atoms with van der Waals surface area (Å²) >= 11 is 0. The first-order valence-corrected chi connectivity index (χ1v) is 11.7. The molecule has 2 aromatic carbocycles. The Balaban J connectivity index is 1.56. The molecule has 3 rings (SSSR count). The maximum atomic E-state index is 12.7. The molecule has 2 aromatic rings. The molecule has 0 unspecified atom stereocenters. The molecule has 30 heavy (non-hydrogen) atoms. The van der Waals surface area contributed by atoms with Crippen molar-refractivity contribution in [3.8, 4) is 0 Å². The van der Waals surface area contributed by atoms with Crippen LogP contribution in [-0.4, -0.2) is 50.9 Å². The van der Waals surface area contributed by atoms with Crippen LogP contribution in [0.1, 0.15) is 23.6 Å². The van der Waals surface area contributed by atoms with Crippen molar-refractivity contribution in [3.63, 3.8) is 0 Å². The standard InChI is InChI=1S/C23H29N3O3S/c1-18-9-10-22(19(2)17-18)24-23(27)20(3)25-12-14-26(15-13-25)30(28,29)16-11-21-7-5-4-6-8-21/h4-11,16-17,20H,12-15H2,1-3H3,(H,24,27)/p+1/b16-11+/t20-/m1/s1. The molecule has 2 N–H and O–H groups in total. The van der Waals surface area contributed by atoms with Crippen molar-refractivity contribution in [2.75, 3.05) is 31.5 Å². The molecule has 1 fully saturated rings. The number of piperazine rings is 1. The molecule has 1 amide bonds. The highest BCUT2D eigenvalue weighted by Crippen LogP contribution is 2.16. The zero-order chi connectivity index (χ0) is 21.7. The fraction of sp³-hybridized carbons (Fsp3) is 0.348. The van der Waals surface area contributed by atoms with Crippen LogP contribution in [0.3, 0.4) is 0 Å². The van der Waals surface area contributed by atoms with Gasteiger partial charge >= 0.3 is 0 Å². The number of carbonyl (C=O) groups excluding carboxylic acids is 1. The van der Waals surface area contributed by atoms with E-state index in [1.807, 2.05) is 69.3 Å². The fourth-order valence-corrected chi connectivity index (χ4v) is 4.85. The first-order valence-electron chi connectivity index (χ1n) is 10.2. The predicted octanol–water partition coefficient (Wildman–Crippen LogP) is 1.83. The Kier molecular flexibility index (Phi) is 7.07. The van der Waals surface area contributed by atoms with Gasteiger partial charge in [-0.15, -0.1) is 0 Å². The summed E-state index contributed by atoms with van der Waals surface area (Å²) < 4.78 is 26.7. The molecular formula is C23H30N3O3S+. The number of carbonyl (C=O) groups is 1. The molecule has 7 heteroatoms. The normalized spacial score (nSPS) is 17.2. The highest BCUT2D eigenvalue weighted by atomic mass is 32.2. The Hall–Kier alpha value is -2.48. The number of amides is 1. The van der Waals surface area contributed by atoms with Gasteiger partial charge in [0.2, 0.25) is 10.0 Å². The van der Waals surface area contributed by atoms with Gasteiger partial charge < -0.3 is 10.2 Å². The van der Waals surface area contributed by atoms with Crippen molar-refractivity contribution >= 4 is 27.7 Å². The van der Waals surface area contributed by atoms with Gasteiger partial charge in [-0.1, -0.05) is 48.0 Å². The number of aryl methyl sites for hydroxylation is 2. The summed E-state index contributed by atoms with van der Waals surface area (Å²) in [6, 6.07) is 15.1. The van der Waals surface area contributed by atoms with E-state index >= 15 is 0 Å². The van der Waals surface area contributed by atoms with E-state index in [9.17, 15) is 13.2 Å². The van der Waals surface area contributed by atoms with Crippen LogP contribution in [0, 0.1) is 13.8 Å².